The molecule has 0 fully saturated rings. The SMILES string of the molecule is CN(C)CCCN(N)C(=N)N=C(N)N. The van der Waals surface area contributed by atoms with Crippen LogP contribution in [0.3, 0.4) is 0 Å². The van der Waals surface area contributed by atoms with E-state index in [-0.39, 0.29) is 11.9 Å². The highest BCUT2D eigenvalue weighted by Gasteiger charge is 2.03. The number of nitrogens with two attached hydrogens (primary N) is 3. The molecule has 0 atom stereocenters. The Morgan fingerprint density at radius 2 is 1.86 bits per heavy atom. The summed E-state index contributed by atoms with van der Waals surface area (Å²) in [4.78, 5) is 5.56. The largest absolute Gasteiger partial charge is 0.370 e. The van der Waals surface area contributed by atoms with E-state index in [2.05, 4.69) is 4.99 Å². The van der Waals surface area contributed by atoms with Gasteiger partial charge in [0.15, 0.2) is 5.96 Å². The van der Waals surface area contributed by atoms with Gasteiger partial charge in [0, 0.05) is 6.54 Å². The van der Waals surface area contributed by atoms with E-state index >= 15 is 0 Å². The van der Waals surface area contributed by atoms with E-state index in [9.17, 15) is 0 Å². The molecule has 7 heteroatoms. The first-order valence-corrected chi connectivity index (χ1v) is 4.28. The first kappa shape index (κ1) is 12.7. The van der Waals surface area contributed by atoms with Crippen LogP contribution in [0.4, 0.5) is 0 Å². The van der Waals surface area contributed by atoms with Gasteiger partial charge in [0.25, 0.3) is 0 Å². The fourth-order valence-electron chi connectivity index (χ4n) is 0.850. The lowest BCUT2D eigenvalue weighted by molar-refractivity contribution is 0.350. The molecule has 0 aromatic heterocycles. The predicted octanol–water partition coefficient (Wildman–Crippen LogP) is -1.68. The van der Waals surface area contributed by atoms with Crippen molar-refractivity contribution >= 4 is 11.9 Å². The molecule has 0 aromatic carbocycles. The second kappa shape index (κ2) is 6.17. The van der Waals surface area contributed by atoms with Crippen LogP contribution >= 0.6 is 0 Å². The highest BCUT2D eigenvalue weighted by atomic mass is 15.5. The lowest BCUT2D eigenvalue weighted by Gasteiger charge is -2.17. The quantitative estimate of drug-likeness (QED) is 0.187. The molecule has 0 radical (unpaired) electrons. The zero-order valence-electron chi connectivity index (χ0n) is 8.70. The molecule has 0 saturated carbocycles. The van der Waals surface area contributed by atoms with Crippen LogP contribution in [0.15, 0.2) is 4.99 Å². The fourth-order valence-corrected chi connectivity index (χ4v) is 0.850. The summed E-state index contributed by atoms with van der Waals surface area (Å²) in [7, 11) is 3.95. The third-order valence-electron chi connectivity index (χ3n) is 1.51. The second-order valence-corrected chi connectivity index (χ2v) is 3.21. The number of hydrazine groups is 1. The van der Waals surface area contributed by atoms with Crippen LogP contribution in [0.25, 0.3) is 0 Å². The molecule has 0 heterocycles. The second-order valence-electron chi connectivity index (χ2n) is 3.21. The van der Waals surface area contributed by atoms with Gasteiger partial charge in [-0.1, -0.05) is 0 Å². The van der Waals surface area contributed by atoms with Crippen LogP contribution < -0.4 is 17.3 Å². The molecule has 0 saturated heterocycles. The van der Waals surface area contributed by atoms with Crippen molar-refractivity contribution in [1.29, 1.82) is 5.41 Å². The highest BCUT2D eigenvalue weighted by Crippen LogP contribution is 1.89. The van der Waals surface area contributed by atoms with E-state index in [4.69, 9.17) is 22.7 Å². The Bertz CT molecular complexity index is 206. The van der Waals surface area contributed by atoms with Crippen molar-refractivity contribution in [3.63, 3.8) is 0 Å². The third kappa shape index (κ3) is 6.21. The summed E-state index contributed by atoms with van der Waals surface area (Å²) in [5, 5.41) is 8.56. The molecule has 0 amide bonds. The molecule has 0 bridgehead atoms. The molecular formula is C7H19N7. The van der Waals surface area contributed by atoms with Gasteiger partial charge < -0.3 is 16.4 Å². The van der Waals surface area contributed by atoms with Gasteiger partial charge in [-0.15, -0.1) is 0 Å². The summed E-state index contributed by atoms with van der Waals surface area (Å²) >= 11 is 0. The molecule has 0 aliphatic rings. The summed E-state index contributed by atoms with van der Waals surface area (Å²) in [6.07, 6.45) is 0.853. The highest BCUT2D eigenvalue weighted by molar-refractivity contribution is 5.91. The minimum atomic E-state index is -0.155. The van der Waals surface area contributed by atoms with Gasteiger partial charge in [-0.05, 0) is 27.1 Å². The zero-order valence-corrected chi connectivity index (χ0v) is 8.70. The number of guanidine groups is 2. The van der Waals surface area contributed by atoms with Gasteiger partial charge in [0.1, 0.15) is 0 Å². The Kier molecular flexibility index (Phi) is 5.58. The van der Waals surface area contributed by atoms with Crippen molar-refractivity contribution in [2.24, 2.45) is 22.3 Å². The van der Waals surface area contributed by atoms with Crippen molar-refractivity contribution in [1.82, 2.24) is 9.91 Å². The standard InChI is InChI=1S/C7H19N7/c1-13(2)4-3-5-14(11)7(10)12-6(8)9/h3-5,11H2,1-2H3,(H5,8,9,10,12). The van der Waals surface area contributed by atoms with E-state index in [0.717, 1.165) is 13.0 Å². The number of aliphatic imine (C=N–C) groups is 1. The van der Waals surface area contributed by atoms with Crippen molar-refractivity contribution in [2.75, 3.05) is 27.2 Å². The van der Waals surface area contributed by atoms with E-state index in [1.54, 1.807) is 0 Å². The summed E-state index contributed by atoms with van der Waals surface area (Å²) in [5.74, 6) is 5.25. The molecule has 7 nitrogen and oxygen atoms in total. The Morgan fingerprint density at radius 3 is 2.29 bits per heavy atom. The van der Waals surface area contributed by atoms with E-state index in [1.807, 2.05) is 19.0 Å². The molecular weight excluding hydrogens is 182 g/mol. The van der Waals surface area contributed by atoms with E-state index in [0.29, 0.717) is 6.54 Å². The molecule has 0 aromatic rings. The maximum atomic E-state index is 7.35. The fraction of sp³-hybridized carbons (Fsp3) is 0.714. The smallest absolute Gasteiger partial charge is 0.235 e. The van der Waals surface area contributed by atoms with E-state index < -0.39 is 0 Å². The number of hydrogen-bond acceptors (Lipinski definition) is 3. The monoisotopic (exact) mass is 201 g/mol. The Morgan fingerprint density at radius 1 is 1.29 bits per heavy atom. The number of rotatable bonds is 4. The Labute approximate surface area is 84.0 Å². The predicted molar refractivity (Wildman–Crippen MR) is 57.6 cm³/mol. The minimum Gasteiger partial charge on any atom is -0.370 e. The normalized spacial score (nSPS) is 10.0. The Balaban J connectivity index is 3.79. The van der Waals surface area contributed by atoms with Gasteiger partial charge in [-0.2, -0.15) is 4.99 Å². The maximum absolute atomic E-state index is 7.35. The first-order chi connectivity index (χ1) is 6.43. The third-order valence-corrected chi connectivity index (χ3v) is 1.51. The lowest BCUT2D eigenvalue weighted by Crippen LogP contribution is -2.39. The summed E-state index contributed by atoms with van der Waals surface area (Å²) < 4.78 is 0. The molecule has 0 spiro atoms. The van der Waals surface area contributed by atoms with Crippen molar-refractivity contribution < 1.29 is 0 Å². The average Bonchev–Trinajstić information content (AvgIpc) is 2.01. The van der Waals surface area contributed by atoms with Gasteiger partial charge >= 0.3 is 0 Å². The van der Waals surface area contributed by atoms with Crippen LogP contribution in [0.5, 0.6) is 0 Å². The van der Waals surface area contributed by atoms with Gasteiger partial charge in [-0.25, -0.2) is 5.84 Å². The molecule has 82 valence electrons. The maximum Gasteiger partial charge on any atom is 0.235 e. The Hall–Kier alpha value is -1.34. The van der Waals surface area contributed by atoms with Crippen LogP contribution in [0.2, 0.25) is 0 Å². The molecule has 0 aliphatic carbocycles. The van der Waals surface area contributed by atoms with Crippen molar-refractivity contribution in [2.45, 2.75) is 6.42 Å². The van der Waals surface area contributed by atoms with Crippen molar-refractivity contribution in [3.05, 3.63) is 0 Å². The molecule has 7 N–H and O–H groups in total. The molecule has 0 aliphatic heterocycles. The van der Waals surface area contributed by atoms with E-state index in [1.165, 1.54) is 5.01 Å². The van der Waals surface area contributed by atoms with Crippen molar-refractivity contribution in [3.8, 4) is 0 Å². The van der Waals surface area contributed by atoms with Crippen LogP contribution in [0, 0.1) is 5.41 Å². The number of nitrogens with one attached hydrogen (secondary N) is 1. The van der Waals surface area contributed by atoms with Gasteiger partial charge in [0.2, 0.25) is 5.96 Å². The minimum absolute atomic E-state index is 0.122. The number of nitrogens with zero attached hydrogens (tertiary/aromatic N) is 3. The van der Waals surface area contributed by atoms with Crippen LogP contribution in [0.1, 0.15) is 6.42 Å². The lowest BCUT2D eigenvalue weighted by atomic mass is 10.4. The first-order valence-electron chi connectivity index (χ1n) is 4.28. The summed E-state index contributed by atoms with van der Waals surface area (Å²) in [6.45, 7) is 1.45. The molecule has 0 unspecified atom stereocenters. The number of hydrogen-bond donors (Lipinski definition) is 4. The van der Waals surface area contributed by atoms with Crippen LogP contribution in [-0.2, 0) is 0 Å². The summed E-state index contributed by atoms with van der Waals surface area (Å²) in [6, 6.07) is 0. The van der Waals surface area contributed by atoms with Gasteiger partial charge in [0.05, 0.1) is 0 Å². The molecule has 0 rings (SSSR count). The van der Waals surface area contributed by atoms with Crippen LogP contribution in [-0.4, -0.2) is 49.0 Å². The molecule has 14 heavy (non-hydrogen) atoms. The zero-order chi connectivity index (χ0) is 11.1. The topological polar surface area (TPSA) is 121 Å². The summed E-state index contributed by atoms with van der Waals surface area (Å²) in [5.41, 5.74) is 10.2. The van der Waals surface area contributed by atoms with Gasteiger partial charge in [-0.3, -0.25) is 10.4 Å². The average molecular weight is 201 g/mol.